The number of benzene rings is 5. The Morgan fingerprint density at radius 1 is 0.415 bits per heavy atom. The zero-order valence-corrected chi connectivity index (χ0v) is 23.5. The van der Waals surface area contributed by atoms with Crippen molar-refractivity contribution in [2.75, 3.05) is 10.6 Å². The standard InChI is InChI=1S/C32H28N2.C7H6/c1-24-12-14-25(15-13-24)32(26-16-20-30(21-17-26)33-28-8-4-2-5-9-28)27-18-22-31(23-19-27)34-29-10-6-3-7-11-29;1-7-5-3-2-4-6-7/h2-23,32-34H,1H3;3,5-6H,1H3. The van der Waals surface area contributed by atoms with Gasteiger partial charge in [-0.2, -0.15) is 0 Å². The van der Waals surface area contributed by atoms with Crippen molar-refractivity contribution < 1.29 is 0 Å². The van der Waals surface area contributed by atoms with Crippen LogP contribution in [-0.2, 0) is 0 Å². The molecule has 2 N–H and O–H groups in total. The van der Waals surface area contributed by atoms with E-state index in [1.807, 2.05) is 61.5 Å². The number of aryl methyl sites for hydroxylation is 2. The predicted octanol–water partition coefficient (Wildman–Crippen LogP) is 10.3. The lowest BCUT2D eigenvalue weighted by molar-refractivity contribution is 0.976. The van der Waals surface area contributed by atoms with Gasteiger partial charge in [-0.3, -0.25) is 0 Å². The average Bonchev–Trinajstić information content (AvgIpc) is 3.02. The minimum atomic E-state index is 0.164. The molecule has 0 amide bonds. The number of rotatable bonds is 7. The van der Waals surface area contributed by atoms with Crippen molar-refractivity contribution in [3.63, 3.8) is 0 Å². The zero-order chi connectivity index (χ0) is 28.3. The molecule has 0 heterocycles. The van der Waals surface area contributed by atoms with E-state index in [0.717, 1.165) is 22.7 Å². The van der Waals surface area contributed by atoms with Gasteiger partial charge in [0, 0.05) is 28.7 Å². The first-order valence-electron chi connectivity index (χ1n) is 13.9. The highest BCUT2D eigenvalue weighted by Crippen LogP contribution is 2.34. The van der Waals surface area contributed by atoms with Crippen LogP contribution >= 0.6 is 0 Å². The SMILES string of the molecule is Cc1cc#ccc1.Cc1ccc(C(c2ccc(Nc3ccccc3)cc2)c2ccc(Nc3ccccc3)cc2)cc1. The van der Waals surface area contributed by atoms with Crippen molar-refractivity contribution in [3.05, 3.63) is 192 Å². The molecule has 41 heavy (non-hydrogen) atoms. The minimum absolute atomic E-state index is 0.164. The molecule has 0 saturated carbocycles. The van der Waals surface area contributed by atoms with Gasteiger partial charge in [0.05, 0.1) is 0 Å². The molecule has 0 fully saturated rings. The molecule has 200 valence electrons. The van der Waals surface area contributed by atoms with Crippen molar-refractivity contribution in [2.24, 2.45) is 0 Å². The molecule has 6 rings (SSSR count). The molecule has 6 aromatic rings. The molecule has 2 heteroatoms. The van der Waals surface area contributed by atoms with E-state index < -0.39 is 0 Å². The third-order valence-electron chi connectivity index (χ3n) is 6.84. The largest absolute Gasteiger partial charge is 0.356 e. The third-order valence-corrected chi connectivity index (χ3v) is 6.84. The first-order valence-corrected chi connectivity index (χ1v) is 13.9. The van der Waals surface area contributed by atoms with Gasteiger partial charge in [-0.15, -0.1) is 0 Å². The Hall–Kier alpha value is -5.26. The number of hydrogen-bond donors (Lipinski definition) is 2. The van der Waals surface area contributed by atoms with Crippen LogP contribution in [0.3, 0.4) is 0 Å². The van der Waals surface area contributed by atoms with Gasteiger partial charge in [-0.25, -0.2) is 0 Å². The number of anilines is 4. The average molecular weight is 531 g/mol. The van der Waals surface area contributed by atoms with Crippen molar-refractivity contribution in [1.82, 2.24) is 0 Å². The molecule has 6 aromatic carbocycles. The molecule has 0 spiro atoms. The first kappa shape index (κ1) is 27.3. The maximum absolute atomic E-state index is 3.48. The summed E-state index contributed by atoms with van der Waals surface area (Å²) in [5.74, 6) is 0.164. The van der Waals surface area contributed by atoms with Crippen LogP contribution in [0.2, 0.25) is 0 Å². The molecule has 0 aliphatic rings. The highest BCUT2D eigenvalue weighted by atomic mass is 14.9. The summed E-state index contributed by atoms with van der Waals surface area (Å²) in [7, 11) is 0. The molecular formula is C39H34N2. The van der Waals surface area contributed by atoms with E-state index in [0.29, 0.717) is 0 Å². The molecule has 0 aromatic heterocycles. The normalized spacial score (nSPS) is 10.2. The summed E-state index contributed by atoms with van der Waals surface area (Å²) in [6.07, 6.45) is 0. The monoisotopic (exact) mass is 530 g/mol. The molecule has 0 saturated heterocycles. The Labute approximate surface area is 244 Å². The van der Waals surface area contributed by atoms with Crippen LogP contribution in [0, 0.1) is 26.0 Å². The summed E-state index contributed by atoms with van der Waals surface area (Å²) >= 11 is 0. The van der Waals surface area contributed by atoms with Gasteiger partial charge >= 0.3 is 0 Å². The molecular weight excluding hydrogens is 496 g/mol. The molecule has 0 atom stereocenters. The summed E-state index contributed by atoms with van der Waals surface area (Å²) in [6.45, 7) is 4.16. The topological polar surface area (TPSA) is 24.1 Å². The van der Waals surface area contributed by atoms with Crippen molar-refractivity contribution in [3.8, 4) is 0 Å². The molecule has 0 aliphatic carbocycles. The van der Waals surface area contributed by atoms with Crippen molar-refractivity contribution in [2.45, 2.75) is 19.8 Å². The van der Waals surface area contributed by atoms with Gasteiger partial charge in [-0.1, -0.05) is 109 Å². The maximum Gasteiger partial charge on any atom is 0.0384 e. The van der Waals surface area contributed by atoms with E-state index in [1.54, 1.807) is 0 Å². The van der Waals surface area contributed by atoms with Crippen LogP contribution in [-0.4, -0.2) is 0 Å². The highest BCUT2D eigenvalue weighted by molar-refractivity contribution is 5.62. The molecule has 0 unspecified atom stereocenters. The van der Waals surface area contributed by atoms with Crippen LogP contribution < -0.4 is 10.6 Å². The Balaban J connectivity index is 0.000000423. The summed E-state index contributed by atoms with van der Waals surface area (Å²) in [6, 6.07) is 58.4. The summed E-state index contributed by atoms with van der Waals surface area (Å²) in [5.41, 5.74) is 10.7. The first-order chi connectivity index (χ1) is 20.1. The van der Waals surface area contributed by atoms with Gasteiger partial charge in [0.1, 0.15) is 0 Å². The van der Waals surface area contributed by atoms with Crippen molar-refractivity contribution >= 4 is 22.7 Å². The van der Waals surface area contributed by atoms with Gasteiger partial charge in [-0.05, 0) is 96.8 Å². The lowest BCUT2D eigenvalue weighted by Crippen LogP contribution is -2.04. The Morgan fingerprint density at radius 2 is 0.829 bits per heavy atom. The Bertz CT molecular complexity index is 1510. The second kappa shape index (κ2) is 13.7. The third kappa shape index (κ3) is 7.88. The second-order valence-corrected chi connectivity index (χ2v) is 10.1. The van der Waals surface area contributed by atoms with Crippen LogP contribution in [0.5, 0.6) is 0 Å². The van der Waals surface area contributed by atoms with Gasteiger partial charge in [0.15, 0.2) is 0 Å². The maximum atomic E-state index is 3.48. The lowest BCUT2D eigenvalue weighted by Gasteiger charge is -2.20. The fraction of sp³-hybridized carbons (Fsp3) is 0.0769. The summed E-state index contributed by atoms with van der Waals surface area (Å²) < 4.78 is 0. The van der Waals surface area contributed by atoms with Crippen LogP contribution in [0.1, 0.15) is 33.7 Å². The van der Waals surface area contributed by atoms with Crippen LogP contribution in [0.15, 0.2) is 152 Å². The second-order valence-electron chi connectivity index (χ2n) is 10.1. The molecule has 0 bridgehead atoms. The minimum Gasteiger partial charge on any atom is -0.356 e. The van der Waals surface area contributed by atoms with Crippen LogP contribution in [0.25, 0.3) is 0 Å². The van der Waals surface area contributed by atoms with Crippen molar-refractivity contribution in [1.29, 1.82) is 0 Å². The van der Waals surface area contributed by atoms with Gasteiger partial charge < -0.3 is 10.6 Å². The van der Waals surface area contributed by atoms with E-state index in [1.165, 1.54) is 27.8 Å². The van der Waals surface area contributed by atoms with Gasteiger partial charge in [0.2, 0.25) is 0 Å². The van der Waals surface area contributed by atoms with E-state index in [4.69, 9.17) is 0 Å². The van der Waals surface area contributed by atoms with E-state index >= 15 is 0 Å². The zero-order valence-electron chi connectivity index (χ0n) is 23.5. The Kier molecular flexibility index (Phi) is 9.12. The van der Waals surface area contributed by atoms with Crippen LogP contribution in [0.4, 0.5) is 22.7 Å². The van der Waals surface area contributed by atoms with E-state index in [-0.39, 0.29) is 5.92 Å². The van der Waals surface area contributed by atoms with E-state index in [2.05, 4.69) is 127 Å². The lowest BCUT2D eigenvalue weighted by atomic mass is 9.84. The molecule has 0 radical (unpaired) electrons. The molecule has 2 nitrogen and oxygen atoms in total. The van der Waals surface area contributed by atoms with Gasteiger partial charge in [0.25, 0.3) is 0 Å². The number of nitrogens with one attached hydrogen (secondary N) is 2. The quantitative estimate of drug-likeness (QED) is 0.201. The fourth-order valence-electron chi connectivity index (χ4n) is 4.66. The fourth-order valence-corrected chi connectivity index (χ4v) is 4.66. The summed E-state index contributed by atoms with van der Waals surface area (Å²) in [5, 5.41) is 6.96. The summed E-state index contributed by atoms with van der Waals surface area (Å²) in [4.78, 5) is 0. The smallest absolute Gasteiger partial charge is 0.0384 e. The van der Waals surface area contributed by atoms with E-state index in [9.17, 15) is 0 Å². The number of hydrogen-bond acceptors (Lipinski definition) is 2. The number of para-hydroxylation sites is 2. The Morgan fingerprint density at radius 3 is 1.20 bits per heavy atom. The molecule has 0 aliphatic heterocycles. The predicted molar refractivity (Wildman–Crippen MR) is 173 cm³/mol. The highest BCUT2D eigenvalue weighted by Gasteiger charge is 2.17.